The van der Waals surface area contributed by atoms with E-state index in [0.29, 0.717) is 43.6 Å². The molecule has 0 aliphatic carbocycles. The normalized spacial score (nSPS) is 13.8. The Morgan fingerprint density at radius 2 is 2.08 bits per heavy atom. The molecule has 2 aromatic heterocycles. The number of rotatable bonds is 3. The highest BCUT2D eigenvalue weighted by atomic mass is 16.2. The topological polar surface area (TPSA) is 121 Å². The van der Waals surface area contributed by atoms with Gasteiger partial charge in [0.05, 0.1) is 23.3 Å². The Bertz CT molecular complexity index is 973. The lowest BCUT2D eigenvalue weighted by atomic mass is 10.1. The highest BCUT2D eigenvalue weighted by Gasteiger charge is 2.24. The number of hydrogen-bond acceptors (Lipinski definition) is 5. The molecule has 8 heteroatoms. The van der Waals surface area contributed by atoms with Crippen LogP contribution in [-0.4, -0.2) is 37.3 Å². The molecule has 1 amide bonds. The van der Waals surface area contributed by atoms with E-state index in [9.17, 15) is 9.59 Å². The first-order valence-corrected chi connectivity index (χ1v) is 8.19. The summed E-state index contributed by atoms with van der Waals surface area (Å²) in [6.45, 7) is 0.836. The van der Waals surface area contributed by atoms with Gasteiger partial charge >= 0.3 is 0 Å². The number of amides is 1. The maximum Gasteiger partial charge on any atom is 0.255 e. The van der Waals surface area contributed by atoms with E-state index in [1.54, 1.807) is 4.90 Å². The minimum Gasteiger partial charge on any atom is -0.369 e. The lowest BCUT2D eigenvalue weighted by molar-refractivity contribution is -0.132. The molecule has 1 aliphatic heterocycles. The molecule has 3 aromatic rings. The Hall–Kier alpha value is -3.16. The van der Waals surface area contributed by atoms with Crippen LogP contribution in [0.3, 0.4) is 0 Å². The van der Waals surface area contributed by atoms with Crippen molar-refractivity contribution in [2.45, 2.75) is 25.8 Å². The molecule has 0 atom stereocenters. The van der Waals surface area contributed by atoms with Gasteiger partial charge in [-0.05, 0) is 18.6 Å². The van der Waals surface area contributed by atoms with Crippen LogP contribution >= 0.6 is 0 Å². The highest BCUT2D eigenvalue weighted by molar-refractivity contribution is 5.77. The van der Waals surface area contributed by atoms with E-state index in [1.165, 1.54) is 0 Å². The summed E-state index contributed by atoms with van der Waals surface area (Å²) in [7, 11) is 0. The monoisotopic (exact) mass is 338 g/mol. The van der Waals surface area contributed by atoms with Gasteiger partial charge in [-0.3, -0.25) is 14.6 Å². The second kappa shape index (κ2) is 6.04. The molecule has 0 radical (unpaired) electrons. The number of nitrogens with two attached hydrogens (primary N) is 1. The minimum atomic E-state index is -0.211. The summed E-state index contributed by atoms with van der Waals surface area (Å²) >= 11 is 0. The second-order valence-corrected chi connectivity index (χ2v) is 6.14. The smallest absolute Gasteiger partial charge is 0.255 e. The number of carbonyl (C=O) groups is 1. The SMILES string of the molecule is Nc1nc2c(c(=O)[nH]1)CCN(C(=O)CCc1nc3ccccc3[nH]1)C2. The van der Waals surface area contributed by atoms with E-state index in [1.807, 2.05) is 24.3 Å². The Labute approximate surface area is 143 Å². The molecule has 8 nitrogen and oxygen atoms in total. The van der Waals surface area contributed by atoms with Gasteiger partial charge in [-0.25, -0.2) is 9.97 Å². The van der Waals surface area contributed by atoms with Crippen LogP contribution in [-0.2, 0) is 24.2 Å². The van der Waals surface area contributed by atoms with Crippen molar-refractivity contribution >= 4 is 22.9 Å². The Morgan fingerprint density at radius 1 is 1.24 bits per heavy atom. The van der Waals surface area contributed by atoms with Crippen molar-refractivity contribution in [1.82, 2.24) is 24.8 Å². The summed E-state index contributed by atoms with van der Waals surface area (Å²) in [5.41, 5.74) is 8.46. The molecule has 3 heterocycles. The minimum absolute atomic E-state index is 0.0201. The number of nitrogen functional groups attached to an aromatic ring is 1. The van der Waals surface area contributed by atoms with E-state index in [-0.39, 0.29) is 17.4 Å². The van der Waals surface area contributed by atoms with Gasteiger partial charge in [-0.1, -0.05) is 12.1 Å². The molecule has 128 valence electrons. The first-order chi connectivity index (χ1) is 12.1. The van der Waals surface area contributed by atoms with Gasteiger partial charge in [0.15, 0.2) is 0 Å². The molecule has 0 saturated carbocycles. The second-order valence-electron chi connectivity index (χ2n) is 6.14. The zero-order chi connectivity index (χ0) is 17.4. The zero-order valence-corrected chi connectivity index (χ0v) is 13.6. The molecule has 0 spiro atoms. The summed E-state index contributed by atoms with van der Waals surface area (Å²) in [4.78, 5) is 40.5. The maximum absolute atomic E-state index is 12.5. The van der Waals surface area contributed by atoms with Crippen molar-refractivity contribution in [2.75, 3.05) is 12.3 Å². The third-order valence-corrected chi connectivity index (χ3v) is 4.46. The highest BCUT2D eigenvalue weighted by Crippen LogP contribution is 2.16. The van der Waals surface area contributed by atoms with Gasteiger partial charge in [0, 0.05) is 24.9 Å². The first kappa shape index (κ1) is 15.4. The lowest BCUT2D eigenvalue weighted by Gasteiger charge is -2.27. The van der Waals surface area contributed by atoms with Gasteiger partial charge in [0.2, 0.25) is 11.9 Å². The number of benzene rings is 1. The third-order valence-electron chi connectivity index (χ3n) is 4.46. The molecule has 25 heavy (non-hydrogen) atoms. The number of fused-ring (bicyclic) bond motifs is 2. The number of aromatic amines is 2. The van der Waals surface area contributed by atoms with E-state index < -0.39 is 0 Å². The van der Waals surface area contributed by atoms with Gasteiger partial charge in [0.1, 0.15) is 5.82 Å². The maximum atomic E-state index is 12.5. The summed E-state index contributed by atoms with van der Waals surface area (Å²) in [6.07, 6.45) is 1.39. The van der Waals surface area contributed by atoms with Gasteiger partial charge in [0.25, 0.3) is 5.56 Å². The van der Waals surface area contributed by atoms with Crippen LogP contribution in [0.15, 0.2) is 29.1 Å². The predicted octanol–water partition coefficient (Wildman–Crippen LogP) is 0.746. The zero-order valence-electron chi connectivity index (χ0n) is 13.6. The average molecular weight is 338 g/mol. The van der Waals surface area contributed by atoms with Crippen LogP contribution in [0.2, 0.25) is 0 Å². The van der Waals surface area contributed by atoms with E-state index in [0.717, 1.165) is 16.9 Å². The molecule has 1 aromatic carbocycles. The molecular formula is C17H18N6O2. The predicted molar refractivity (Wildman–Crippen MR) is 92.8 cm³/mol. The summed E-state index contributed by atoms with van der Waals surface area (Å²) in [6, 6.07) is 7.78. The van der Waals surface area contributed by atoms with Crippen LogP contribution in [0.5, 0.6) is 0 Å². The molecule has 1 aliphatic rings. The first-order valence-electron chi connectivity index (χ1n) is 8.19. The van der Waals surface area contributed by atoms with Crippen molar-refractivity contribution < 1.29 is 4.79 Å². The standard InChI is InChI=1S/C17H18N6O2/c18-17-21-13-9-23(8-7-10(13)16(25)22-17)15(24)6-5-14-19-11-3-1-2-4-12(11)20-14/h1-4H,5-9H2,(H,19,20)(H3,18,21,22,25). The van der Waals surface area contributed by atoms with Crippen LogP contribution < -0.4 is 11.3 Å². The number of nitrogens with zero attached hydrogens (tertiary/aromatic N) is 3. The Balaban J connectivity index is 1.44. The van der Waals surface area contributed by atoms with Crippen molar-refractivity contribution in [3.05, 3.63) is 51.7 Å². The molecular weight excluding hydrogens is 320 g/mol. The number of anilines is 1. The third kappa shape index (κ3) is 2.98. The van der Waals surface area contributed by atoms with Crippen LogP contribution in [0.1, 0.15) is 23.5 Å². The lowest BCUT2D eigenvalue weighted by Crippen LogP contribution is -2.39. The van der Waals surface area contributed by atoms with E-state index >= 15 is 0 Å². The number of H-pyrrole nitrogens is 2. The number of para-hydroxylation sites is 2. The number of imidazole rings is 1. The van der Waals surface area contributed by atoms with E-state index in [2.05, 4.69) is 19.9 Å². The molecule has 0 bridgehead atoms. The van der Waals surface area contributed by atoms with Crippen LogP contribution in [0.25, 0.3) is 11.0 Å². The Kier molecular flexibility index (Phi) is 3.72. The fraction of sp³-hybridized carbons (Fsp3) is 0.294. The summed E-state index contributed by atoms with van der Waals surface area (Å²) in [5, 5.41) is 0. The molecule has 0 saturated heterocycles. The molecule has 0 fully saturated rings. The van der Waals surface area contributed by atoms with Crippen LogP contribution in [0, 0.1) is 0 Å². The number of aromatic nitrogens is 4. The quantitative estimate of drug-likeness (QED) is 0.650. The summed E-state index contributed by atoms with van der Waals surface area (Å²) < 4.78 is 0. The molecule has 0 unspecified atom stereocenters. The average Bonchev–Trinajstić information content (AvgIpc) is 3.02. The fourth-order valence-electron chi connectivity index (χ4n) is 3.18. The van der Waals surface area contributed by atoms with E-state index in [4.69, 9.17) is 5.73 Å². The van der Waals surface area contributed by atoms with Gasteiger partial charge in [-0.2, -0.15) is 0 Å². The van der Waals surface area contributed by atoms with Crippen molar-refractivity contribution in [3.63, 3.8) is 0 Å². The molecule has 4 N–H and O–H groups in total. The number of hydrogen-bond donors (Lipinski definition) is 3. The molecule has 4 rings (SSSR count). The summed E-state index contributed by atoms with van der Waals surface area (Å²) in [5.74, 6) is 0.901. The number of aryl methyl sites for hydroxylation is 1. The van der Waals surface area contributed by atoms with Crippen LogP contribution in [0.4, 0.5) is 5.95 Å². The number of nitrogens with one attached hydrogen (secondary N) is 2. The van der Waals surface area contributed by atoms with Gasteiger partial charge < -0.3 is 15.6 Å². The fourth-order valence-corrected chi connectivity index (χ4v) is 3.18. The van der Waals surface area contributed by atoms with Gasteiger partial charge in [-0.15, -0.1) is 0 Å². The van der Waals surface area contributed by atoms with Crippen molar-refractivity contribution in [3.8, 4) is 0 Å². The number of carbonyl (C=O) groups excluding carboxylic acids is 1. The largest absolute Gasteiger partial charge is 0.369 e. The van der Waals surface area contributed by atoms with Crippen molar-refractivity contribution in [1.29, 1.82) is 0 Å². The van der Waals surface area contributed by atoms with Crippen molar-refractivity contribution in [2.24, 2.45) is 0 Å². The Morgan fingerprint density at radius 3 is 2.92 bits per heavy atom.